The molecule has 0 atom stereocenters. The number of hydrogen-bond acceptors (Lipinski definition) is 1. The molecule has 0 heterocycles. The Balaban J connectivity index is 1.47. The summed E-state index contributed by atoms with van der Waals surface area (Å²) in [5.74, 6) is 1.12. The van der Waals surface area contributed by atoms with Crippen molar-refractivity contribution in [2.45, 2.75) is 71.3 Å². The number of hydrogen-bond donors (Lipinski definition) is 1. The first-order chi connectivity index (χ1) is 9.64. The molecule has 1 spiro atoms. The van der Waals surface area contributed by atoms with E-state index in [-0.39, 0.29) is 5.91 Å². The van der Waals surface area contributed by atoms with E-state index >= 15 is 0 Å². The summed E-state index contributed by atoms with van der Waals surface area (Å²) in [6.07, 6.45) is 14.0. The molecule has 0 aromatic heterocycles. The SMILES string of the molecule is CCC1=CC(C(=O)NC2CC3(CC(CC)C3)C2)=CCC1. The minimum absolute atomic E-state index is 0.155. The van der Waals surface area contributed by atoms with Crippen LogP contribution in [0.3, 0.4) is 0 Å². The Morgan fingerprint density at radius 1 is 1.30 bits per heavy atom. The Morgan fingerprint density at radius 2 is 2.05 bits per heavy atom. The van der Waals surface area contributed by atoms with Crippen LogP contribution in [0.4, 0.5) is 0 Å². The highest BCUT2D eigenvalue weighted by Gasteiger charge is 2.52. The summed E-state index contributed by atoms with van der Waals surface area (Å²) in [6.45, 7) is 4.46. The van der Waals surface area contributed by atoms with Crippen LogP contribution in [0.25, 0.3) is 0 Å². The quantitative estimate of drug-likeness (QED) is 0.820. The number of nitrogens with one attached hydrogen (secondary N) is 1. The van der Waals surface area contributed by atoms with Crippen molar-refractivity contribution in [3.05, 3.63) is 23.3 Å². The zero-order valence-corrected chi connectivity index (χ0v) is 12.9. The molecule has 2 nitrogen and oxygen atoms in total. The highest BCUT2D eigenvalue weighted by atomic mass is 16.1. The van der Waals surface area contributed by atoms with Crippen LogP contribution >= 0.6 is 0 Å². The van der Waals surface area contributed by atoms with Crippen LogP contribution in [-0.4, -0.2) is 11.9 Å². The standard InChI is InChI=1S/C18H27NO/c1-3-13-6-5-7-15(8-13)17(20)19-16-11-18(12-16)9-14(4-2)10-18/h7-8,14,16H,3-6,9-12H2,1-2H3,(H,19,20). The first-order valence-corrected chi connectivity index (χ1v) is 8.34. The molecule has 110 valence electrons. The van der Waals surface area contributed by atoms with Gasteiger partial charge in [0.1, 0.15) is 0 Å². The second kappa shape index (κ2) is 5.38. The fourth-order valence-electron chi connectivity index (χ4n) is 4.34. The number of carbonyl (C=O) groups excluding carboxylic acids is 1. The monoisotopic (exact) mass is 273 g/mol. The fourth-order valence-corrected chi connectivity index (χ4v) is 4.34. The van der Waals surface area contributed by atoms with Crippen molar-refractivity contribution >= 4 is 5.91 Å². The molecular weight excluding hydrogens is 246 g/mol. The molecule has 0 unspecified atom stereocenters. The van der Waals surface area contributed by atoms with Gasteiger partial charge in [-0.1, -0.05) is 38.0 Å². The van der Waals surface area contributed by atoms with Gasteiger partial charge in [-0.15, -0.1) is 0 Å². The fraction of sp³-hybridized carbons (Fsp3) is 0.722. The third kappa shape index (κ3) is 2.57. The zero-order valence-electron chi connectivity index (χ0n) is 12.9. The molecule has 0 bridgehead atoms. The molecule has 20 heavy (non-hydrogen) atoms. The van der Waals surface area contributed by atoms with Crippen molar-refractivity contribution in [2.24, 2.45) is 11.3 Å². The smallest absolute Gasteiger partial charge is 0.251 e. The Labute approximate surface area is 122 Å². The summed E-state index contributed by atoms with van der Waals surface area (Å²) >= 11 is 0. The average molecular weight is 273 g/mol. The maximum absolute atomic E-state index is 12.3. The normalized spacial score (nSPS) is 35.7. The van der Waals surface area contributed by atoms with Crippen molar-refractivity contribution in [2.75, 3.05) is 0 Å². The molecule has 2 heteroatoms. The molecule has 3 aliphatic carbocycles. The maximum atomic E-state index is 12.3. The highest BCUT2D eigenvalue weighted by molar-refractivity contribution is 5.96. The third-order valence-corrected chi connectivity index (χ3v) is 5.62. The van der Waals surface area contributed by atoms with Gasteiger partial charge in [0.2, 0.25) is 0 Å². The largest absolute Gasteiger partial charge is 0.349 e. The van der Waals surface area contributed by atoms with Crippen molar-refractivity contribution in [3.63, 3.8) is 0 Å². The molecule has 1 N–H and O–H groups in total. The van der Waals surface area contributed by atoms with Gasteiger partial charge >= 0.3 is 0 Å². The molecule has 3 rings (SSSR count). The second-order valence-electron chi connectivity index (χ2n) is 7.12. The number of carbonyl (C=O) groups is 1. The van der Waals surface area contributed by atoms with Crippen molar-refractivity contribution in [1.82, 2.24) is 5.32 Å². The molecule has 2 saturated carbocycles. The molecule has 1 amide bonds. The van der Waals surface area contributed by atoms with Gasteiger partial charge in [-0.25, -0.2) is 0 Å². The van der Waals surface area contributed by atoms with E-state index < -0.39 is 0 Å². The average Bonchev–Trinajstić information content (AvgIpc) is 2.39. The van der Waals surface area contributed by atoms with E-state index in [9.17, 15) is 4.79 Å². The lowest BCUT2D eigenvalue weighted by atomic mass is 9.49. The van der Waals surface area contributed by atoms with Crippen molar-refractivity contribution in [3.8, 4) is 0 Å². The molecule has 0 aromatic carbocycles. The van der Waals surface area contributed by atoms with E-state index in [4.69, 9.17) is 0 Å². The first-order valence-electron chi connectivity index (χ1n) is 8.34. The maximum Gasteiger partial charge on any atom is 0.251 e. The summed E-state index contributed by atoms with van der Waals surface area (Å²) in [4.78, 5) is 12.3. The summed E-state index contributed by atoms with van der Waals surface area (Å²) in [6, 6.07) is 0.432. The highest BCUT2D eigenvalue weighted by Crippen LogP contribution is 2.59. The van der Waals surface area contributed by atoms with Crippen LogP contribution in [0.2, 0.25) is 0 Å². The van der Waals surface area contributed by atoms with Crippen LogP contribution in [0.15, 0.2) is 23.3 Å². The van der Waals surface area contributed by atoms with Gasteiger partial charge in [0.25, 0.3) is 5.91 Å². The van der Waals surface area contributed by atoms with Crippen molar-refractivity contribution in [1.29, 1.82) is 0 Å². The van der Waals surface area contributed by atoms with Crippen molar-refractivity contribution < 1.29 is 4.79 Å². The topological polar surface area (TPSA) is 29.1 Å². The lowest BCUT2D eigenvalue weighted by molar-refractivity contribution is -0.121. The Bertz CT molecular complexity index is 446. The van der Waals surface area contributed by atoms with Crippen LogP contribution < -0.4 is 5.32 Å². The van der Waals surface area contributed by atoms with Gasteiger partial charge in [-0.3, -0.25) is 4.79 Å². The Kier molecular flexibility index (Phi) is 3.74. The van der Waals surface area contributed by atoms with E-state index in [1.807, 2.05) is 0 Å². The minimum atomic E-state index is 0.155. The van der Waals surface area contributed by atoms with E-state index in [1.165, 1.54) is 37.7 Å². The second-order valence-corrected chi connectivity index (χ2v) is 7.12. The van der Waals surface area contributed by atoms with Crippen LogP contribution in [-0.2, 0) is 4.79 Å². The van der Waals surface area contributed by atoms with E-state index in [2.05, 4.69) is 31.3 Å². The van der Waals surface area contributed by atoms with Gasteiger partial charge in [0.15, 0.2) is 0 Å². The van der Waals surface area contributed by atoms with Gasteiger partial charge in [-0.2, -0.15) is 0 Å². The predicted octanol–water partition coefficient (Wildman–Crippen LogP) is 4.13. The van der Waals surface area contributed by atoms with E-state index in [0.717, 1.165) is 30.8 Å². The molecular formula is C18H27NO. The predicted molar refractivity (Wildman–Crippen MR) is 82.3 cm³/mol. The molecule has 0 saturated heterocycles. The molecule has 2 fully saturated rings. The van der Waals surface area contributed by atoms with Gasteiger partial charge < -0.3 is 5.32 Å². The van der Waals surface area contributed by atoms with E-state index in [0.29, 0.717) is 11.5 Å². The van der Waals surface area contributed by atoms with E-state index in [1.54, 1.807) is 0 Å². The summed E-state index contributed by atoms with van der Waals surface area (Å²) in [5.41, 5.74) is 2.92. The van der Waals surface area contributed by atoms with Gasteiger partial charge in [0, 0.05) is 11.6 Å². The molecule has 3 aliphatic rings. The minimum Gasteiger partial charge on any atom is -0.349 e. The van der Waals surface area contributed by atoms with Gasteiger partial charge in [0.05, 0.1) is 0 Å². The zero-order chi connectivity index (χ0) is 14.2. The van der Waals surface area contributed by atoms with Gasteiger partial charge in [-0.05, 0) is 56.3 Å². The number of amides is 1. The first kappa shape index (κ1) is 13.9. The molecule has 0 aromatic rings. The summed E-state index contributed by atoms with van der Waals surface area (Å²) < 4.78 is 0. The van der Waals surface area contributed by atoms with Crippen LogP contribution in [0, 0.1) is 11.3 Å². The summed E-state index contributed by atoms with van der Waals surface area (Å²) in [7, 11) is 0. The Hall–Kier alpha value is -1.05. The molecule has 0 radical (unpaired) electrons. The number of rotatable bonds is 4. The third-order valence-electron chi connectivity index (χ3n) is 5.62. The Morgan fingerprint density at radius 3 is 2.70 bits per heavy atom. The lowest BCUT2D eigenvalue weighted by Gasteiger charge is -2.58. The van der Waals surface area contributed by atoms with Crippen LogP contribution in [0.1, 0.15) is 65.2 Å². The lowest BCUT2D eigenvalue weighted by Crippen LogP contribution is -2.56. The summed E-state index contributed by atoms with van der Waals surface area (Å²) in [5, 5.41) is 3.24. The number of allylic oxidation sites excluding steroid dienone is 2. The molecule has 0 aliphatic heterocycles. The van der Waals surface area contributed by atoms with Crippen LogP contribution in [0.5, 0.6) is 0 Å².